The molecule has 2 aromatic rings. The summed E-state index contributed by atoms with van der Waals surface area (Å²) in [5, 5.41) is 8.66. The molecule has 0 amide bonds. The fourth-order valence-electron chi connectivity index (χ4n) is 4.43. The van der Waals surface area contributed by atoms with Crippen molar-refractivity contribution in [2.45, 2.75) is 124 Å². The van der Waals surface area contributed by atoms with E-state index in [0.29, 0.717) is 6.67 Å². The first-order valence-electron chi connectivity index (χ1n) is 12.3. The molecule has 164 valence electrons. The number of nitrogens with two attached hydrogens (primary N) is 1. The van der Waals surface area contributed by atoms with Crippen LogP contribution in [0.25, 0.3) is 11.0 Å². The smallest absolute Gasteiger partial charge is 0.116 e. The Hall–Kier alpha value is -1.42. The maximum atomic E-state index is 5.86. The molecule has 0 radical (unpaired) electrons. The van der Waals surface area contributed by atoms with Gasteiger partial charge in [-0.05, 0) is 55.4 Å². The van der Waals surface area contributed by atoms with E-state index in [1.165, 1.54) is 107 Å². The average Bonchev–Trinajstić information content (AvgIpc) is 3.14. The molecule has 0 bridgehead atoms. The van der Waals surface area contributed by atoms with Gasteiger partial charge in [-0.15, -0.1) is 5.10 Å². The minimum absolute atomic E-state index is 0.392. The summed E-state index contributed by atoms with van der Waals surface area (Å²) in [6.07, 6.45) is 20.0. The van der Waals surface area contributed by atoms with Crippen LogP contribution in [0.15, 0.2) is 6.07 Å². The highest BCUT2D eigenvalue weighted by molar-refractivity contribution is 5.80. The summed E-state index contributed by atoms with van der Waals surface area (Å²) >= 11 is 0. The van der Waals surface area contributed by atoms with Gasteiger partial charge in [0, 0.05) is 0 Å². The predicted octanol–water partition coefficient (Wildman–Crippen LogP) is 6.85. The Labute approximate surface area is 178 Å². The molecule has 1 heterocycles. The molecule has 0 aliphatic heterocycles. The number of hydrogen-bond acceptors (Lipinski definition) is 3. The van der Waals surface area contributed by atoms with Crippen LogP contribution in [0.3, 0.4) is 0 Å². The predicted molar refractivity (Wildman–Crippen MR) is 125 cm³/mol. The van der Waals surface area contributed by atoms with Crippen LogP contribution in [0.2, 0.25) is 0 Å². The van der Waals surface area contributed by atoms with Crippen LogP contribution < -0.4 is 5.73 Å². The van der Waals surface area contributed by atoms with Gasteiger partial charge >= 0.3 is 0 Å². The molecule has 4 nitrogen and oxygen atoms in total. The van der Waals surface area contributed by atoms with Crippen molar-refractivity contribution in [1.29, 1.82) is 0 Å². The molecule has 1 aromatic heterocycles. The molecule has 29 heavy (non-hydrogen) atoms. The third-order valence-electron chi connectivity index (χ3n) is 6.28. The number of aryl methyl sites for hydroxylation is 2. The second kappa shape index (κ2) is 13.7. The third kappa shape index (κ3) is 7.40. The normalized spacial score (nSPS) is 11.6. The van der Waals surface area contributed by atoms with Gasteiger partial charge in [-0.2, -0.15) is 0 Å². The fraction of sp³-hybridized carbons (Fsp3) is 0.760. The molecule has 4 heteroatoms. The molecule has 0 aliphatic rings. The van der Waals surface area contributed by atoms with Crippen molar-refractivity contribution in [2.24, 2.45) is 5.73 Å². The van der Waals surface area contributed by atoms with Crippen LogP contribution in [0.1, 0.15) is 114 Å². The van der Waals surface area contributed by atoms with E-state index in [2.05, 4.69) is 37.1 Å². The van der Waals surface area contributed by atoms with E-state index in [9.17, 15) is 0 Å². The minimum Gasteiger partial charge on any atom is -0.312 e. The summed E-state index contributed by atoms with van der Waals surface area (Å²) in [5.41, 5.74) is 12.3. The Morgan fingerprint density at radius 2 is 1.34 bits per heavy atom. The maximum absolute atomic E-state index is 5.86. The summed E-state index contributed by atoms with van der Waals surface area (Å²) in [6, 6.07) is 2.32. The van der Waals surface area contributed by atoms with Gasteiger partial charge in [0.05, 0.1) is 12.2 Å². The monoisotopic (exact) mass is 400 g/mol. The zero-order valence-corrected chi connectivity index (χ0v) is 19.3. The molecule has 2 rings (SSSR count). The quantitative estimate of drug-likeness (QED) is 0.313. The second-order valence-corrected chi connectivity index (χ2v) is 8.67. The lowest BCUT2D eigenvalue weighted by Gasteiger charge is -2.14. The zero-order valence-electron chi connectivity index (χ0n) is 19.3. The molecule has 0 saturated carbocycles. The summed E-state index contributed by atoms with van der Waals surface area (Å²) in [7, 11) is 0. The molecule has 0 saturated heterocycles. The highest BCUT2D eigenvalue weighted by Crippen LogP contribution is 2.27. The molecule has 0 spiro atoms. The number of fused-ring (bicyclic) bond motifs is 1. The van der Waals surface area contributed by atoms with Gasteiger partial charge in [0.1, 0.15) is 5.52 Å². The Morgan fingerprint density at radius 3 is 1.97 bits per heavy atom. The van der Waals surface area contributed by atoms with Crippen molar-refractivity contribution in [3.05, 3.63) is 22.8 Å². The van der Waals surface area contributed by atoms with Crippen LogP contribution in [0.5, 0.6) is 0 Å². The average molecular weight is 401 g/mol. The summed E-state index contributed by atoms with van der Waals surface area (Å²) < 4.78 is 1.83. The van der Waals surface area contributed by atoms with Crippen molar-refractivity contribution in [1.82, 2.24) is 15.0 Å². The molecule has 0 atom stereocenters. The molecular weight excluding hydrogens is 356 g/mol. The van der Waals surface area contributed by atoms with E-state index >= 15 is 0 Å². The topological polar surface area (TPSA) is 56.7 Å². The van der Waals surface area contributed by atoms with Gasteiger partial charge in [-0.3, -0.25) is 0 Å². The van der Waals surface area contributed by atoms with Crippen molar-refractivity contribution in [3.63, 3.8) is 0 Å². The van der Waals surface area contributed by atoms with Crippen LogP contribution in [-0.4, -0.2) is 15.0 Å². The second-order valence-electron chi connectivity index (χ2n) is 8.67. The third-order valence-corrected chi connectivity index (χ3v) is 6.28. The Balaban J connectivity index is 1.89. The summed E-state index contributed by atoms with van der Waals surface area (Å²) in [5.74, 6) is 0. The number of nitrogens with zero attached hydrogens (tertiary/aromatic N) is 3. The molecular formula is C25H44N4. The van der Waals surface area contributed by atoms with Crippen molar-refractivity contribution < 1.29 is 0 Å². The first-order chi connectivity index (χ1) is 14.2. The van der Waals surface area contributed by atoms with E-state index in [1.807, 2.05) is 4.68 Å². The standard InChI is InChI=1S/C25H44N4/c1-4-6-8-9-10-11-12-13-14-16-17-22-19-24-25(27-28-29(24)20-26)21(3)23(22)18-15-7-5-2/h19H,4-18,20,26H2,1-3H3. The van der Waals surface area contributed by atoms with E-state index in [1.54, 1.807) is 0 Å². The van der Waals surface area contributed by atoms with Gasteiger partial charge in [0.25, 0.3) is 0 Å². The number of rotatable bonds is 16. The van der Waals surface area contributed by atoms with Crippen molar-refractivity contribution in [2.75, 3.05) is 0 Å². The van der Waals surface area contributed by atoms with Crippen molar-refractivity contribution in [3.8, 4) is 0 Å². The SMILES string of the molecule is CCCCCCCCCCCCc1cc2c(nnn2CN)c(C)c1CCCCC. The van der Waals surface area contributed by atoms with Gasteiger partial charge < -0.3 is 5.73 Å². The zero-order chi connectivity index (χ0) is 20.9. The Morgan fingerprint density at radius 1 is 0.793 bits per heavy atom. The van der Waals surface area contributed by atoms with E-state index in [0.717, 1.165) is 17.5 Å². The molecule has 0 fully saturated rings. The van der Waals surface area contributed by atoms with Gasteiger partial charge in [-0.1, -0.05) is 89.7 Å². The Kier molecular flexibility index (Phi) is 11.3. The van der Waals surface area contributed by atoms with Crippen LogP contribution in [-0.2, 0) is 19.5 Å². The number of hydrogen-bond donors (Lipinski definition) is 1. The first kappa shape index (κ1) is 23.9. The van der Waals surface area contributed by atoms with Gasteiger partial charge in [-0.25, -0.2) is 4.68 Å². The molecule has 2 N–H and O–H groups in total. The largest absolute Gasteiger partial charge is 0.312 e. The summed E-state index contributed by atoms with van der Waals surface area (Å²) in [6.45, 7) is 7.17. The summed E-state index contributed by atoms with van der Waals surface area (Å²) in [4.78, 5) is 0. The van der Waals surface area contributed by atoms with Crippen LogP contribution >= 0.6 is 0 Å². The number of unbranched alkanes of at least 4 members (excludes halogenated alkanes) is 11. The molecule has 0 unspecified atom stereocenters. The lowest BCUT2D eigenvalue weighted by Crippen LogP contribution is -2.09. The molecule has 0 aliphatic carbocycles. The van der Waals surface area contributed by atoms with E-state index in [4.69, 9.17) is 5.73 Å². The van der Waals surface area contributed by atoms with Crippen molar-refractivity contribution >= 4 is 11.0 Å². The molecule has 1 aromatic carbocycles. The van der Waals surface area contributed by atoms with Gasteiger partial charge in [0.2, 0.25) is 0 Å². The minimum atomic E-state index is 0.392. The lowest BCUT2D eigenvalue weighted by atomic mass is 9.92. The van der Waals surface area contributed by atoms with Gasteiger partial charge in [0.15, 0.2) is 0 Å². The highest BCUT2D eigenvalue weighted by Gasteiger charge is 2.14. The van der Waals surface area contributed by atoms with E-state index in [-0.39, 0.29) is 0 Å². The van der Waals surface area contributed by atoms with Crippen LogP contribution in [0, 0.1) is 6.92 Å². The lowest BCUT2D eigenvalue weighted by molar-refractivity contribution is 0.556. The Bertz CT molecular complexity index is 704. The maximum Gasteiger partial charge on any atom is 0.116 e. The fourth-order valence-corrected chi connectivity index (χ4v) is 4.43. The number of benzene rings is 1. The number of aromatic nitrogens is 3. The first-order valence-corrected chi connectivity index (χ1v) is 12.3. The van der Waals surface area contributed by atoms with Crippen LogP contribution in [0.4, 0.5) is 0 Å². The highest BCUT2D eigenvalue weighted by atomic mass is 15.4. The van der Waals surface area contributed by atoms with E-state index < -0.39 is 0 Å².